The van der Waals surface area contributed by atoms with Crippen LogP contribution in [0.3, 0.4) is 0 Å². The zero-order chi connectivity index (χ0) is 15.6. The SMILES string of the molecule is CC1CCCN1OC(=O)C(O)(c1ccccc1)C1CCCC1. The average molecular weight is 303 g/mol. The Kier molecular flexibility index (Phi) is 4.50. The summed E-state index contributed by atoms with van der Waals surface area (Å²) in [6.45, 7) is 2.81. The third kappa shape index (κ3) is 2.77. The molecule has 0 radical (unpaired) electrons. The lowest BCUT2D eigenvalue weighted by Gasteiger charge is -2.34. The van der Waals surface area contributed by atoms with Gasteiger partial charge in [0, 0.05) is 18.5 Å². The van der Waals surface area contributed by atoms with Gasteiger partial charge >= 0.3 is 5.97 Å². The molecule has 1 saturated carbocycles. The summed E-state index contributed by atoms with van der Waals surface area (Å²) in [6.07, 6.45) is 5.93. The van der Waals surface area contributed by atoms with E-state index in [1.54, 1.807) is 5.06 Å². The van der Waals surface area contributed by atoms with Crippen molar-refractivity contribution in [1.29, 1.82) is 0 Å². The first kappa shape index (κ1) is 15.5. The number of aliphatic hydroxyl groups is 1. The number of rotatable bonds is 4. The lowest BCUT2D eigenvalue weighted by molar-refractivity contribution is -0.220. The van der Waals surface area contributed by atoms with Gasteiger partial charge in [-0.3, -0.25) is 0 Å². The van der Waals surface area contributed by atoms with Crippen LogP contribution in [-0.2, 0) is 15.2 Å². The van der Waals surface area contributed by atoms with Gasteiger partial charge in [0.25, 0.3) is 0 Å². The molecule has 1 saturated heterocycles. The minimum Gasteiger partial charge on any atom is -0.374 e. The predicted octanol–water partition coefficient (Wildman–Crippen LogP) is 3.01. The number of hydrogen-bond donors (Lipinski definition) is 1. The smallest absolute Gasteiger partial charge is 0.361 e. The number of carbonyl (C=O) groups excluding carboxylic acids is 1. The summed E-state index contributed by atoms with van der Waals surface area (Å²) in [6, 6.07) is 9.50. The van der Waals surface area contributed by atoms with Crippen molar-refractivity contribution < 1.29 is 14.7 Å². The highest BCUT2D eigenvalue weighted by atomic mass is 16.7. The topological polar surface area (TPSA) is 49.8 Å². The van der Waals surface area contributed by atoms with Gasteiger partial charge in [-0.25, -0.2) is 4.79 Å². The van der Waals surface area contributed by atoms with Crippen molar-refractivity contribution >= 4 is 5.97 Å². The first-order chi connectivity index (χ1) is 10.6. The molecule has 120 valence electrons. The maximum absolute atomic E-state index is 12.8. The second-order valence-corrected chi connectivity index (χ2v) is 6.62. The third-order valence-corrected chi connectivity index (χ3v) is 5.16. The van der Waals surface area contributed by atoms with Crippen LogP contribution >= 0.6 is 0 Å². The maximum atomic E-state index is 12.8. The van der Waals surface area contributed by atoms with E-state index in [2.05, 4.69) is 6.92 Å². The molecule has 2 atom stereocenters. The van der Waals surface area contributed by atoms with Crippen molar-refractivity contribution in [3.05, 3.63) is 35.9 Å². The summed E-state index contributed by atoms with van der Waals surface area (Å²) in [5.74, 6) is -0.570. The van der Waals surface area contributed by atoms with Gasteiger partial charge in [-0.15, -0.1) is 5.06 Å². The quantitative estimate of drug-likeness (QED) is 0.929. The van der Waals surface area contributed by atoms with Crippen LogP contribution in [-0.4, -0.2) is 28.7 Å². The normalized spacial score (nSPS) is 26.0. The fraction of sp³-hybridized carbons (Fsp3) is 0.611. The van der Waals surface area contributed by atoms with Crippen LogP contribution in [0.15, 0.2) is 30.3 Å². The van der Waals surface area contributed by atoms with Gasteiger partial charge in [-0.05, 0) is 38.2 Å². The summed E-state index contributed by atoms with van der Waals surface area (Å²) in [5.41, 5.74) is -0.876. The Morgan fingerprint density at radius 2 is 1.86 bits per heavy atom. The van der Waals surface area contributed by atoms with Gasteiger partial charge in [0.05, 0.1) is 0 Å². The average Bonchev–Trinajstić information content (AvgIpc) is 3.20. The van der Waals surface area contributed by atoms with Crippen LogP contribution in [0.5, 0.6) is 0 Å². The molecule has 3 rings (SSSR count). The molecule has 0 spiro atoms. The fourth-order valence-electron chi connectivity index (χ4n) is 3.77. The molecule has 1 aliphatic carbocycles. The molecule has 22 heavy (non-hydrogen) atoms. The lowest BCUT2D eigenvalue weighted by atomic mass is 9.80. The predicted molar refractivity (Wildman–Crippen MR) is 83.8 cm³/mol. The third-order valence-electron chi connectivity index (χ3n) is 5.16. The Labute approximate surface area is 132 Å². The molecule has 1 aliphatic heterocycles. The van der Waals surface area contributed by atoms with E-state index < -0.39 is 11.6 Å². The standard InChI is InChI=1S/C18H25NO3/c1-14-8-7-13-19(14)22-17(20)18(21,16-11-5-6-12-16)15-9-3-2-4-10-15/h2-4,9-10,14,16,21H,5-8,11-13H2,1H3. The minimum atomic E-state index is -1.53. The Balaban J connectivity index is 1.86. The summed E-state index contributed by atoms with van der Waals surface area (Å²) in [5, 5.41) is 13.0. The fourth-order valence-corrected chi connectivity index (χ4v) is 3.77. The molecule has 4 nitrogen and oxygen atoms in total. The number of hydrogen-bond acceptors (Lipinski definition) is 4. The molecule has 2 unspecified atom stereocenters. The largest absolute Gasteiger partial charge is 0.374 e. The van der Waals surface area contributed by atoms with Crippen LogP contribution in [0.25, 0.3) is 0 Å². The van der Waals surface area contributed by atoms with E-state index in [4.69, 9.17) is 4.84 Å². The molecule has 2 aliphatic rings. The molecular formula is C18H25NO3. The van der Waals surface area contributed by atoms with Crippen molar-refractivity contribution in [1.82, 2.24) is 5.06 Å². The molecule has 4 heteroatoms. The summed E-state index contributed by atoms with van der Waals surface area (Å²) in [7, 11) is 0. The molecular weight excluding hydrogens is 278 g/mol. The van der Waals surface area contributed by atoms with E-state index in [9.17, 15) is 9.90 Å². The number of nitrogens with zero attached hydrogens (tertiary/aromatic N) is 1. The van der Waals surface area contributed by atoms with E-state index >= 15 is 0 Å². The molecule has 0 bridgehead atoms. The Morgan fingerprint density at radius 3 is 2.45 bits per heavy atom. The highest BCUT2D eigenvalue weighted by Gasteiger charge is 2.49. The van der Waals surface area contributed by atoms with Gasteiger partial charge in [0.15, 0.2) is 5.60 Å². The number of carbonyl (C=O) groups is 1. The highest BCUT2D eigenvalue weighted by molar-refractivity contribution is 5.81. The molecule has 1 aromatic carbocycles. The van der Waals surface area contributed by atoms with Crippen LogP contribution in [0.2, 0.25) is 0 Å². The van der Waals surface area contributed by atoms with Crippen LogP contribution in [0, 0.1) is 5.92 Å². The highest BCUT2D eigenvalue weighted by Crippen LogP contribution is 2.41. The first-order valence-corrected chi connectivity index (χ1v) is 8.39. The number of hydroxylamine groups is 2. The van der Waals surface area contributed by atoms with Crippen molar-refractivity contribution in [2.45, 2.75) is 57.1 Å². The Bertz CT molecular complexity index is 512. The van der Waals surface area contributed by atoms with Crippen LogP contribution < -0.4 is 0 Å². The zero-order valence-electron chi connectivity index (χ0n) is 13.2. The van der Waals surface area contributed by atoms with Gasteiger partial charge in [0.2, 0.25) is 0 Å². The van der Waals surface area contributed by atoms with E-state index in [0.717, 1.165) is 45.1 Å². The van der Waals surface area contributed by atoms with Crippen molar-refractivity contribution in [2.24, 2.45) is 5.92 Å². The van der Waals surface area contributed by atoms with Gasteiger partial charge in [0.1, 0.15) is 0 Å². The van der Waals surface area contributed by atoms with Crippen LogP contribution in [0.4, 0.5) is 0 Å². The second-order valence-electron chi connectivity index (χ2n) is 6.62. The molecule has 0 amide bonds. The maximum Gasteiger partial charge on any atom is 0.361 e. The first-order valence-electron chi connectivity index (χ1n) is 8.39. The zero-order valence-corrected chi connectivity index (χ0v) is 13.2. The molecule has 2 fully saturated rings. The molecule has 1 heterocycles. The Morgan fingerprint density at radius 1 is 1.18 bits per heavy atom. The summed E-state index contributed by atoms with van der Waals surface area (Å²) < 4.78 is 0. The van der Waals surface area contributed by atoms with Gasteiger partial charge in [-0.2, -0.15) is 0 Å². The van der Waals surface area contributed by atoms with Gasteiger partial charge < -0.3 is 9.94 Å². The van der Waals surface area contributed by atoms with E-state index in [-0.39, 0.29) is 12.0 Å². The van der Waals surface area contributed by atoms with Gasteiger partial charge in [-0.1, -0.05) is 43.2 Å². The summed E-state index contributed by atoms with van der Waals surface area (Å²) in [4.78, 5) is 18.4. The summed E-state index contributed by atoms with van der Waals surface area (Å²) >= 11 is 0. The van der Waals surface area contributed by atoms with E-state index in [1.807, 2.05) is 30.3 Å². The molecule has 1 N–H and O–H groups in total. The van der Waals surface area contributed by atoms with Crippen molar-refractivity contribution in [3.63, 3.8) is 0 Å². The number of benzene rings is 1. The van der Waals surface area contributed by atoms with E-state index in [1.165, 1.54) is 0 Å². The van der Waals surface area contributed by atoms with E-state index in [0.29, 0.717) is 5.56 Å². The van der Waals surface area contributed by atoms with Crippen molar-refractivity contribution in [2.75, 3.05) is 6.54 Å². The van der Waals surface area contributed by atoms with Crippen molar-refractivity contribution in [3.8, 4) is 0 Å². The molecule has 1 aromatic rings. The second kappa shape index (κ2) is 6.39. The minimum absolute atomic E-state index is 0.0553. The monoisotopic (exact) mass is 303 g/mol. The Hall–Kier alpha value is -1.39. The van der Waals surface area contributed by atoms with Crippen LogP contribution in [0.1, 0.15) is 51.0 Å². The lowest BCUT2D eigenvalue weighted by Crippen LogP contribution is -2.46. The molecule has 0 aromatic heterocycles.